The summed E-state index contributed by atoms with van der Waals surface area (Å²) < 4.78 is 0. The number of carbonyl (C=O) groups is 1. The molecule has 98 valence electrons. The summed E-state index contributed by atoms with van der Waals surface area (Å²) in [6.07, 6.45) is 2.65. The Morgan fingerprint density at radius 3 is 2.95 bits per heavy atom. The summed E-state index contributed by atoms with van der Waals surface area (Å²) in [4.78, 5) is 26.2. The molecule has 19 heavy (non-hydrogen) atoms. The maximum absolute atomic E-state index is 12.2. The number of H-pyrrole nitrogens is 1. The standard InChI is InChI=1S/C13H13N3O3/c14-6-9-5-10-11(16-13(9)19)2-1-8(12(10)18)7-15-3-4-17/h5,7,15,17H,1-4H2,(H,16,19)/b8-7-. The summed E-state index contributed by atoms with van der Waals surface area (Å²) in [5.74, 6) is -0.195. The molecule has 0 atom stereocenters. The van der Waals surface area contributed by atoms with E-state index in [2.05, 4.69) is 10.3 Å². The van der Waals surface area contributed by atoms with Crippen LogP contribution in [0, 0.1) is 11.3 Å². The first kappa shape index (κ1) is 13.1. The normalized spacial score (nSPS) is 16.0. The molecule has 0 radical (unpaired) electrons. The van der Waals surface area contributed by atoms with E-state index in [0.29, 0.717) is 36.2 Å². The Hall–Kier alpha value is -2.39. The van der Waals surface area contributed by atoms with Gasteiger partial charge >= 0.3 is 0 Å². The minimum Gasteiger partial charge on any atom is -0.395 e. The lowest BCUT2D eigenvalue weighted by Gasteiger charge is -2.17. The predicted octanol–water partition coefficient (Wildman–Crippen LogP) is -0.159. The summed E-state index contributed by atoms with van der Waals surface area (Å²) in [6, 6.07) is 3.11. The maximum Gasteiger partial charge on any atom is 0.266 e. The van der Waals surface area contributed by atoms with Crippen molar-refractivity contribution in [2.24, 2.45) is 0 Å². The van der Waals surface area contributed by atoms with Gasteiger partial charge in [0.15, 0.2) is 5.78 Å². The number of aromatic amines is 1. The van der Waals surface area contributed by atoms with Crippen LogP contribution in [0.5, 0.6) is 0 Å². The van der Waals surface area contributed by atoms with E-state index < -0.39 is 5.56 Å². The van der Waals surface area contributed by atoms with Gasteiger partial charge in [0, 0.05) is 29.6 Å². The zero-order valence-electron chi connectivity index (χ0n) is 10.2. The number of aryl methyl sites for hydroxylation is 1. The number of allylic oxidation sites excluding steroid dienone is 1. The number of aliphatic hydroxyl groups is 1. The maximum atomic E-state index is 12.2. The molecule has 1 aromatic heterocycles. The van der Waals surface area contributed by atoms with Crippen LogP contribution in [-0.2, 0) is 6.42 Å². The van der Waals surface area contributed by atoms with Gasteiger partial charge in [0.2, 0.25) is 0 Å². The van der Waals surface area contributed by atoms with Crippen molar-refractivity contribution in [2.45, 2.75) is 12.8 Å². The molecular formula is C13H13N3O3. The lowest BCUT2D eigenvalue weighted by molar-refractivity contribution is 0.102. The molecule has 1 aliphatic rings. The Balaban J connectivity index is 2.36. The molecule has 3 N–H and O–H groups in total. The molecule has 6 heteroatoms. The summed E-state index contributed by atoms with van der Waals surface area (Å²) in [5, 5.41) is 20.3. The van der Waals surface area contributed by atoms with E-state index in [4.69, 9.17) is 10.4 Å². The quantitative estimate of drug-likeness (QED) is 0.516. The van der Waals surface area contributed by atoms with Crippen molar-refractivity contribution in [1.82, 2.24) is 10.3 Å². The highest BCUT2D eigenvalue weighted by atomic mass is 16.3. The molecular weight excluding hydrogens is 246 g/mol. The van der Waals surface area contributed by atoms with Gasteiger partial charge in [-0.15, -0.1) is 0 Å². The lowest BCUT2D eigenvalue weighted by Crippen LogP contribution is -2.24. The van der Waals surface area contributed by atoms with Gasteiger partial charge in [-0.2, -0.15) is 5.26 Å². The van der Waals surface area contributed by atoms with Crippen molar-refractivity contribution in [2.75, 3.05) is 13.2 Å². The van der Waals surface area contributed by atoms with Crippen LogP contribution in [-0.4, -0.2) is 29.0 Å². The summed E-state index contributed by atoms with van der Waals surface area (Å²) >= 11 is 0. The van der Waals surface area contributed by atoms with E-state index in [9.17, 15) is 9.59 Å². The fraction of sp³-hybridized carbons (Fsp3) is 0.308. The van der Waals surface area contributed by atoms with Crippen LogP contribution in [0.2, 0.25) is 0 Å². The highest BCUT2D eigenvalue weighted by Gasteiger charge is 2.23. The van der Waals surface area contributed by atoms with Crippen LogP contribution < -0.4 is 10.9 Å². The molecule has 1 aliphatic carbocycles. The molecule has 0 aliphatic heterocycles. The Morgan fingerprint density at radius 2 is 2.26 bits per heavy atom. The van der Waals surface area contributed by atoms with Crippen LogP contribution in [0.15, 0.2) is 22.6 Å². The highest BCUT2D eigenvalue weighted by molar-refractivity contribution is 6.10. The smallest absolute Gasteiger partial charge is 0.266 e. The summed E-state index contributed by atoms with van der Waals surface area (Å²) in [5.41, 5.74) is 1.01. The molecule has 1 heterocycles. The molecule has 6 nitrogen and oxygen atoms in total. The first-order valence-electron chi connectivity index (χ1n) is 5.91. The SMILES string of the molecule is N#Cc1cc2c([nH]c1=O)CC/C(=C/NCCO)C2=O. The van der Waals surface area contributed by atoms with Crippen molar-refractivity contribution < 1.29 is 9.90 Å². The largest absolute Gasteiger partial charge is 0.395 e. The van der Waals surface area contributed by atoms with Gasteiger partial charge < -0.3 is 15.4 Å². The van der Waals surface area contributed by atoms with E-state index in [1.807, 2.05) is 0 Å². The number of pyridine rings is 1. The van der Waals surface area contributed by atoms with Gasteiger partial charge in [-0.1, -0.05) is 0 Å². The second kappa shape index (κ2) is 5.50. The third-order valence-electron chi connectivity index (χ3n) is 2.96. The zero-order chi connectivity index (χ0) is 13.8. The minimum absolute atomic E-state index is 0.0134. The highest BCUT2D eigenvalue weighted by Crippen LogP contribution is 2.22. The number of hydrogen-bond donors (Lipinski definition) is 3. The molecule has 0 amide bonds. The summed E-state index contributed by atoms with van der Waals surface area (Å²) in [6.45, 7) is 0.360. The van der Waals surface area contributed by atoms with Crippen LogP contribution in [0.1, 0.15) is 28.0 Å². The van der Waals surface area contributed by atoms with Crippen molar-refractivity contribution in [3.05, 3.63) is 45.0 Å². The molecule has 0 saturated heterocycles. The first-order chi connectivity index (χ1) is 9.17. The number of nitriles is 1. The Kier molecular flexibility index (Phi) is 3.78. The number of nitrogens with one attached hydrogen (secondary N) is 2. The average Bonchev–Trinajstić information content (AvgIpc) is 2.41. The number of aliphatic hydroxyl groups excluding tert-OH is 1. The van der Waals surface area contributed by atoms with Crippen LogP contribution in [0.4, 0.5) is 0 Å². The van der Waals surface area contributed by atoms with Gasteiger partial charge in [0.05, 0.1) is 6.61 Å². The van der Waals surface area contributed by atoms with E-state index in [1.54, 1.807) is 12.3 Å². The Morgan fingerprint density at radius 1 is 1.47 bits per heavy atom. The van der Waals surface area contributed by atoms with Crippen molar-refractivity contribution in [3.63, 3.8) is 0 Å². The zero-order valence-corrected chi connectivity index (χ0v) is 10.2. The molecule has 0 saturated carbocycles. The second-order valence-corrected chi connectivity index (χ2v) is 4.19. The molecule has 1 aromatic rings. The van der Waals surface area contributed by atoms with E-state index >= 15 is 0 Å². The average molecular weight is 259 g/mol. The monoisotopic (exact) mass is 259 g/mol. The van der Waals surface area contributed by atoms with Crippen LogP contribution in [0.3, 0.4) is 0 Å². The fourth-order valence-electron chi connectivity index (χ4n) is 2.00. The Bertz CT molecular complexity index is 638. The molecule has 0 aromatic carbocycles. The topological polar surface area (TPSA) is 106 Å². The fourth-order valence-corrected chi connectivity index (χ4v) is 2.00. The van der Waals surface area contributed by atoms with E-state index in [-0.39, 0.29) is 18.0 Å². The predicted molar refractivity (Wildman–Crippen MR) is 67.6 cm³/mol. The van der Waals surface area contributed by atoms with Crippen molar-refractivity contribution in [1.29, 1.82) is 5.26 Å². The van der Waals surface area contributed by atoms with Gasteiger partial charge in [0.25, 0.3) is 5.56 Å². The third kappa shape index (κ3) is 2.56. The number of ketones is 1. The van der Waals surface area contributed by atoms with Crippen molar-refractivity contribution >= 4 is 5.78 Å². The van der Waals surface area contributed by atoms with Gasteiger partial charge in [-0.25, -0.2) is 0 Å². The van der Waals surface area contributed by atoms with E-state index in [0.717, 1.165) is 0 Å². The van der Waals surface area contributed by atoms with Crippen LogP contribution >= 0.6 is 0 Å². The molecule has 0 unspecified atom stereocenters. The molecule has 2 rings (SSSR count). The number of nitrogens with zero attached hydrogens (tertiary/aromatic N) is 1. The number of aromatic nitrogens is 1. The number of carbonyl (C=O) groups excluding carboxylic acids is 1. The van der Waals surface area contributed by atoms with Gasteiger partial charge in [0.1, 0.15) is 11.6 Å². The third-order valence-corrected chi connectivity index (χ3v) is 2.96. The van der Waals surface area contributed by atoms with Gasteiger partial charge in [-0.05, 0) is 18.9 Å². The number of Topliss-reactive ketones (excluding diaryl/α,β-unsaturated/α-hetero) is 1. The molecule has 0 bridgehead atoms. The lowest BCUT2D eigenvalue weighted by atomic mass is 9.90. The number of rotatable bonds is 3. The van der Waals surface area contributed by atoms with Crippen molar-refractivity contribution in [3.8, 4) is 6.07 Å². The number of fused-ring (bicyclic) bond motifs is 1. The number of hydrogen-bond acceptors (Lipinski definition) is 5. The first-order valence-corrected chi connectivity index (χ1v) is 5.91. The van der Waals surface area contributed by atoms with E-state index in [1.165, 1.54) is 6.07 Å². The van der Waals surface area contributed by atoms with Gasteiger partial charge in [-0.3, -0.25) is 9.59 Å². The Labute approximate surface area is 109 Å². The molecule has 0 spiro atoms. The second-order valence-electron chi connectivity index (χ2n) is 4.19. The minimum atomic E-state index is -0.458. The van der Waals surface area contributed by atoms with Crippen LogP contribution in [0.25, 0.3) is 0 Å². The molecule has 0 fully saturated rings. The summed E-state index contributed by atoms with van der Waals surface area (Å²) in [7, 11) is 0.